The second kappa shape index (κ2) is 9.74. The molecule has 0 aliphatic heterocycles. The topological polar surface area (TPSA) is 60.2 Å². The zero-order valence-corrected chi connectivity index (χ0v) is 24.1. The zero-order valence-electron chi connectivity index (χ0n) is 24.1. The van der Waals surface area contributed by atoms with E-state index in [1.807, 2.05) is 55.6 Å². The van der Waals surface area contributed by atoms with Crippen LogP contribution < -0.4 is 4.74 Å². The minimum atomic E-state index is 0.0807. The Hall–Kier alpha value is -5.16. The molecule has 0 saturated carbocycles. The second-order valence-electron chi connectivity index (χ2n) is 11.8. The van der Waals surface area contributed by atoms with E-state index in [4.69, 9.17) is 14.7 Å². The van der Waals surface area contributed by atoms with Gasteiger partial charge in [-0.3, -0.25) is 4.57 Å². The van der Waals surface area contributed by atoms with Crippen LogP contribution in [-0.2, 0) is 5.41 Å². The fourth-order valence-corrected chi connectivity index (χ4v) is 5.62. The molecule has 3 aromatic heterocycles. The van der Waals surface area contributed by atoms with E-state index in [1.54, 1.807) is 6.07 Å². The van der Waals surface area contributed by atoms with Crippen molar-refractivity contribution >= 4 is 32.7 Å². The summed E-state index contributed by atoms with van der Waals surface area (Å²) in [6.07, 6.45) is 1.88. The molecule has 0 aliphatic rings. The van der Waals surface area contributed by atoms with Gasteiger partial charge < -0.3 is 9.84 Å². The molecule has 7 aromatic rings. The van der Waals surface area contributed by atoms with Crippen LogP contribution >= 0.6 is 0 Å². The first-order chi connectivity index (χ1) is 20.3. The number of hydrogen-bond donors (Lipinski definition) is 1. The van der Waals surface area contributed by atoms with Gasteiger partial charge in [0.05, 0.1) is 11.0 Å². The number of para-hydroxylation sites is 1. The number of rotatable bonds is 4. The Kier molecular flexibility index (Phi) is 5.98. The van der Waals surface area contributed by atoms with Crippen molar-refractivity contribution in [1.82, 2.24) is 14.5 Å². The fraction of sp³-hybridized carbons (Fsp3) is 0.135. The standard InChI is InChI=1S/C37H31N3O2/c1-23-9-19-34(38-22-23)40-31-8-6-5-7-28(31)29-15-14-26(21-32(29)40)42-35-20-17-30-27(16-18-33(41)36(30)39-35)24-10-12-25(13-11-24)37(2,3)4/h5-22,41H,1-4H3. The van der Waals surface area contributed by atoms with E-state index in [2.05, 4.69) is 79.9 Å². The lowest BCUT2D eigenvalue weighted by Crippen LogP contribution is -2.10. The summed E-state index contributed by atoms with van der Waals surface area (Å²) < 4.78 is 8.46. The summed E-state index contributed by atoms with van der Waals surface area (Å²) in [7, 11) is 0. The monoisotopic (exact) mass is 549 g/mol. The molecule has 3 heterocycles. The molecule has 0 saturated heterocycles. The van der Waals surface area contributed by atoms with E-state index in [9.17, 15) is 5.11 Å². The van der Waals surface area contributed by atoms with Crippen molar-refractivity contribution in [2.75, 3.05) is 0 Å². The molecule has 5 heteroatoms. The number of benzene rings is 4. The largest absolute Gasteiger partial charge is 0.506 e. The predicted molar refractivity (Wildman–Crippen MR) is 171 cm³/mol. The number of aryl methyl sites for hydroxylation is 1. The quantitative estimate of drug-likeness (QED) is 0.237. The number of phenols is 1. The number of aromatic nitrogens is 3. The summed E-state index contributed by atoms with van der Waals surface area (Å²) in [6, 6.07) is 34.6. The van der Waals surface area contributed by atoms with Crippen molar-refractivity contribution in [3.63, 3.8) is 0 Å². The molecule has 206 valence electrons. The number of fused-ring (bicyclic) bond motifs is 4. The molecule has 0 radical (unpaired) electrons. The molecule has 1 N–H and O–H groups in total. The van der Waals surface area contributed by atoms with Crippen LogP contribution in [0.4, 0.5) is 0 Å². The van der Waals surface area contributed by atoms with Gasteiger partial charge in [0.1, 0.15) is 22.8 Å². The Bertz CT molecular complexity index is 2100. The maximum Gasteiger partial charge on any atom is 0.219 e. The molecule has 7 rings (SSSR count). The van der Waals surface area contributed by atoms with Crippen LogP contribution in [0.25, 0.3) is 49.7 Å². The maximum absolute atomic E-state index is 10.8. The van der Waals surface area contributed by atoms with E-state index in [1.165, 1.54) is 5.56 Å². The van der Waals surface area contributed by atoms with Crippen LogP contribution in [-0.4, -0.2) is 19.6 Å². The average molecular weight is 550 g/mol. The maximum atomic E-state index is 10.8. The van der Waals surface area contributed by atoms with Gasteiger partial charge in [-0.1, -0.05) is 69.3 Å². The van der Waals surface area contributed by atoms with Gasteiger partial charge in [0, 0.05) is 34.5 Å². The van der Waals surface area contributed by atoms with Crippen LogP contribution in [0.15, 0.2) is 109 Å². The van der Waals surface area contributed by atoms with E-state index in [0.29, 0.717) is 17.1 Å². The number of pyridine rings is 2. The number of aromatic hydroxyl groups is 1. The van der Waals surface area contributed by atoms with Crippen LogP contribution in [0.1, 0.15) is 31.9 Å². The second-order valence-corrected chi connectivity index (χ2v) is 11.8. The van der Waals surface area contributed by atoms with E-state index in [-0.39, 0.29) is 11.2 Å². The Labute approximate surface area is 244 Å². The highest BCUT2D eigenvalue weighted by molar-refractivity contribution is 6.09. The Morgan fingerprint density at radius 2 is 1.50 bits per heavy atom. The van der Waals surface area contributed by atoms with E-state index >= 15 is 0 Å². The predicted octanol–water partition coefficient (Wildman–Crippen LogP) is 9.50. The van der Waals surface area contributed by atoms with Gasteiger partial charge in [-0.05, 0) is 77.1 Å². The Morgan fingerprint density at radius 1 is 0.738 bits per heavy atom. The highest BCUT2D eigenvalue weighted by Gasteiger charge is 2.17. The van der Waals surface area contributed by atoms with Gasteiger partial charge in [0.15, 0.2) is 0 Å². The van der Waals surface area contributed by atoms with Crippen LogP contribution in [0.2, 0.25) is 0 Å². The molecule has 0 unspecified atom stereocenters. The first-order valence-corrected chi connectivity index (χ1v) is 14.1. The summed E-state index contributed by atoms with van der Waals surface area (Å²) in [5, 5.41) is 13.9. The average Bonchev–Trinajstić information content (AvgIpc) is 3.31. The highest BCUT2D eigenvalue weighted by Crippen LogP contribution is 2.37. The summed E-state index contributed by atoms with van der Waals surface area (Å²) >= 11 is 0. The Balaban J connectivity index is 1.29. The third-order valence-electron chi connectivity index (χ3n) is 7.86. The van der Waals surface area contributed by atoms with Crippen molar-refractivity contribution < 1.29 is 9.84 Å². The zero-order chi connectivity index (χ0) is 29.0. The lowest BCUT2D eigenvalue weighted by atomic mass is 9.86. The van der Waals surface area contributed by atoms with Crippen molar-refractivity contribution in [2.45, 2.75) is 33.1 Å². The molecule has 0 bridgehead atoms. The summed E-state index contributed by atoms with van der Waals surface area (Å²) in [6.45, 7) is 8.66. The van der Waals surface area contributed by atoms with Crippen molar-refractivity contribution in [1.29, 1.82) is 0 Å². The smallest absolute Gasteiger partial charge is 0.219 e. The molecule has 0 aliphatic carbocycles. The summed E-state index contributed by atoms with van der Waals surface area (Å²) in [5.41, 5.74) is 7.13. The third kappa shape index (κ3) is 4.44. The molecule has 42 heavy (non-hydrogen) atoms. The lowest BCUT2D eigenvalue weighted by molar-refractivity contribution is 0.460. The first kappa shape index (κ1) is 25.8. The van der Waals surface area contributed by atoms with Crippen molar-refractivity contribution in [3.05, 3.63) is 120 Å². The first-order valence-electron chi connectivity index (χ1n) is 14.1. The van der Waals surface area contributed by atoms with Crippen molar-refractivity contribution in [2.24, 2.45) is 0 Å². The van der Waals surface area contributed by atoms with Gasteiger partial charge in [-0.2, -0.15) is 0 Å². The summed E-state index contributed by atoms with van der Waals surface area (Å²) in [5.74, 6) is 2.03. The fourth-order valence-electron chi connectivity index (χ4n) is 5.62. The van der Waals surface area contributed by atoms with E-state index in [0.717, 1.165) is 49.7 Å². The highest BCUT2D eigenvalue weighted by atomic mass is 16.5. The summed E-state index contributed by atoms with van der Waals surface area (Å²) in [4.78, 5) is 9.45. The molecular weight excluding hydrogens is 518 g/mol. The van der Waals surface area contributed by atoms with Gasteiger partial charge in [0.2, 0.25) is 5.88 Å². The molecule has 0 amide bonds. The van der Waals surface area contributed by atoms with Gasteiger partial charge in [0.25, 0.3) is 0 Å². The van der Waals surface area contributed by atoms with Crippen LogP contribution in [0.5, 0.6) is 17.4 Å². The molecule has 4 aromatic carbocycles. The molecule has 0 atom stereocenters. The number of phenolic OH excluding ortho intramolecular Hbond substituents is 1. The number of hydrogen-bond acceptors (Lipinski definition) is 4. The van der Waals surface area contributed by atoms with Gasteiger partial charge in [-0.15, -0.1) is 0 Å². The number of nitrogens with zero attached hydrogens (tertiary/aromatic N) is 3. The minimum absolute atomic E-state index is 0.0807. The lowest BCUT2D eigenvalue weighted by Gasteiger charge is -2.19. The van der Waals surface area contributed by atoms with Gasteiger partial charge >= 0.3 is 0 Å². The molecule has 0 spiro atoms. The number of ether oxygens (including phenoxy) is 1. The third-order valence-corrected chi connectivity index (χ3v) is 7.86. The molecular formula is C37H31N3O2. The van der Waals surface area contributed by atoms with Gasteiger partial charge in [-0.25, -0.2) is 9.97 Å². The SMILES string of the molecule is Cc1ccc(-n2c3ccccc3c3ccc(Oc4ccc5c(-c6ccc(C(C)(C)C)cc6)ccc(O)c5n4)cc32)nc1. The molecule has 0 fully saturated rings. The molecule has 5 nitrogen and oxygen atoms in total. The van der Waals surface area contributed by atoms with Crippen LogP contribution in [0, 0.1) is 6.92 Å². The Morgan fingerprint density at radius 3 is 2.26 bits per heavy atom. The van der Waals surface area contributed by atoms with Crippen LogP contribution in [0.3, 0.4) is 0 Å². The normalized spacial score (nSPS) is 11.9. The minimum Gasteiger partial charge on any atom is -0.506 e. The van der Waals surface area contributed by atoms with Crippen molar-refractivity contribution in [3.8, 4) is 34.3 Å². The van der Waals surface area contributed by atoms with E-state index < -0.39 is 0 Å².